The Morgan fingerprint density at radius 3 is 1.84 bits per heavy atom. The molecule has 4 aliphatic carbocycles. The van der Waals surface area contributed by atoms with Gasteiger partial charge in [0.2, 0.25) is 0 Å². The third-order valence-corrected chi connectivity index (χ3v) is 14.3. The number of hydrogen-bond acceptors (Lipinski definition) is 3. The third-order valence-electron chi connectivity index (χ3n) is 14.3. The molecule has 2 heterocycles. The van der Waals surface area contributed by atoms with Crippen LogP contribution in [0.4, 0.5) is 0 Å². The van der Waals surface area contributed by atoms with E-state index >= 15 is 0 Å². The molecule has 2 aromatic heterocycles. The molecule has 298 valence electrons. The summed E-state index contributed by atoms with van der Waals surface area (Å²) in [6, 6.07) is 67.0. The van der Waals surface area contributed by atoms with E-state index in [2.05, 4.69) is 201 Å². The molecule has 3 nitrogen and oxygen atoms in total. The molecule has 7 aromatic carbocycles. The molecule has 0 amide bonds. The molecule has 0 saturated carbocycles. The van der Waals surface area contributed by atoms with E-state index in [0.29, 0.717) is 5.82 Å². The lowest BCUT2D eigenvalue weighted by atomic mass is 9.70. The molecule has 0 N–H and O–H groups in total. The number of rotatable bonds is 5. The minimum absolute atomic E-state index is 0.0214. The van der Waals surface area contributed by atoms with Crippen LogP contribution in [0.3, 0.4) is 0 Å². The Morgan fingerprint density at radius 2 is 1.14 bits per heavy atom. The number of benzene rings is 6. The molecule has 0 aliphatic heterocycles. The molecule has 0 atom stereocenters. The van der Waals surface area contributed by atoms with Crippen molar-refractivity contribution in [3.05, 3.63) is 239 Å². The van der Waals surface area contributed by atoms with Crippen molar-refractivity contribution in [1.29, 1.82) is 0 Å². The molecular weight excluding hydrogens is 775 g/mol. The van der Waals surface area contributed by atoms with Crippen LogP contribution in [-0.2, 0) is 10.8 Å². The maximum absolute atomic E-state index is 5.40. The molecule has 4 aliphatic rings. The lowest BCUT2D eigenvalue weighted by Crippen LogP contribution is -2.25. The third kappa shape index (κ3) is 5.22. The first kappa shape index (κ1) is 36.5. The summed E-state index contributed by atoms with van der Waals surface area (Å²) >= 11 is 0. The Balaban J connectivity index is 0.947. The number of fused-ring (bicyclic) bond motifs is 12. The Kier molecular flexibility index (Phi) is 7.82. The molecule has 1 spiro atoms. The van der Waals surface area contributed by atoms with E-state index in [1.54, 1.807) is 5.57 Å². The highest BCUT2D eigenvalue weighted by Gasteiger charge is 2.51. The quantitative estimate of drug-likeness (QED) is 0.174. The van der Waals surface area contributed by atoms with Gasteiger partial charge in [-0.3, -0.25) is 0 Å². The first-order chi connectivity index (χ1) is 31.5. The smallest absolute Gasteiger partial charge is 0.160 e. The predicted molar refractivity (Wildman–Crippen MR) is 257 cm³/mol. The minimum atomic E-state index is -0.508. The number of aromatic nitrogens is 3. The SMILES string of the molecule is CC1(C)C2=C(C=CCC2)c2ccc(-c3ccc(-c4cc(-c5ccc(-c6cc#cnc6)cc5)nc(-c5ccc6c(c5)C5(c7ccc#cc7-6)c6ccccc6-c6ccccc65)n4)cc3)cc21. The highest BCUT2D eigenvalue weighted by Crippen LogP contribution is 2.62. The van der Waals surface area contributed by atoms with Crippen molar-refractivity contribution in [3.8, 4) is 78.4 Å². The summed E-state index contributed by atoms with van der Waals surface area (Å²) in [7, 11) is 0. The lowest BCUT2D eigenvalue weighted by molar-refractivity contribution is 0.607. The Labute approximate surface area is 374 Å². The molecular formula is C61H39N3. The zero-order valence-electron chi connectivity index (χ0n) is 35.5. The van der Waals surface area contributed by atoms with Gasteiger partial charge in [-0.15, -0.1) is 0 Å². The van der Waals surface area contributed by atoms with Gasteiger partial charge in [0.1, 0.15) is 0 Å². The normalized spacial score (nSPS) is 15.1. The lowest BCUT2D eigenvalue weighted by Gasteiger charge is -2.30. The standard InChI is InChI=1S/C61H39N3/c1-60(2)51-17-7-3-13-45(51)49-31-29-42(34-55(49)60)38-21-25-40(26-22-38)57-36-58(41-27-23-39(24-28-41)44-12-11-33-62-37-44)64-59(63-57)43-30-32-50-48-16-6-10-20-54(48)61(56(50)35-43)52-18-8-4-14-46(52)47-15-5-9-19-53(47)61/h3-5,8-10,12-15,18-32,34-37H,7,17H2,1-2H3. The predicted octanol–water partition coefficient (Wildman–Crippen LogP) is 14.1. The van der Waals surface area contributed by atoms with E-state index in [1.807, 2.05) is 18.3 Å². The van der Waals surface area contributed by atoms with Gasteiger partial charge in [0, 0.05) is 45.6 Å². The summed E-state index contributed by atoms with van der Waals surface area (Å²) in [5.74, 6) is 0.674. The van der Waals surface area contributed by atoms with E-state index in [-0.39, 0.29) is 5.41 Å². The Bertz CT molecular complexity index is 3380. The second-order valence-electron chi connectivity index (χ2n) is 17.9. The molecule has 13 rings (SSSR count). The van der Waals surface area contributed by atoms with E-state index in [0.717, 1.165) is 63.2 Å². The molecule has 0 fully saturated rings. The van der Waals surface area contributed by atoms with Gasteiger partial charge in [-0.05, 0) is 128 Å². The van der Waals surface area contributed by atoms with Gasteiger partial charge in [0.05, 0.1) is 16.8 Å². The van der Waals surface area contributed by atoms with Crippen molar-refractivity contribution in [3.63, 3.8) is 0 Å². The van der Waals surface area contributed by atoms with Gasteiger partial charge >= 0.3 is 0 Å². The molecule has 3 heteroatoms. The fraction of sp³-hybridized carbons (Fsp3) is 0.0984. The molecule has 0 unspecified atom stereocenters. The van der Waals surface area contributed by atoms with Crippen LogP contribution in [0.2, 0.25) is 0 Å². The van der Waals surface area contributed by atoms with Crippen LogP contribution in [0, 0.1) is 24.4 Å². The van der Waals surface area contributed by atoms with Crippen LogP contribution in [0.25, 0.3) is 84.0 Å². The second-order valence-corrected chi connectivity index (χ2v) is 17.9. The molecule has 0 saturated heterocycles. The molecule has 0 radical (unpaired) electrons. The first-order valence-electron chi connectivity index (χ1n) is 22.1. The fourth-order valence-corrected chi connectivity index (χ4v) is 11.3. The van der Waals surface area contributed by atoms with Gasteiger partial charge in [-0.25, -0.2) is 15.0 Å². The summed E-state index contributed by atoms with van der Waals surface area (Å²) in [5, 5.41) is 0. The maximum Gasteiger partial charge on any atom is 0.160 e. The van der Waals surface area contributed by atoms with E-state index in [1.165, 1.54) is 61.2 Å². The zero-order chi connectivity index (χ0) is 42.6. The summed E-state index contributed by atoms with van der Waals surface area (Å²) in [6.45, 7) is 4.77. The minimum Gasteiger partial charge on any atom is -0.228 e. The van der Waals surface area contributed by atoms with Crippen LogP contribution < -0.4 is 0 Å². The van der Waals surface area contributed by atoms with Crippen molar-refractivity contribution in [2.75, 3.05) is 0 Å². The van der Waals surface area contributed by atoms with Gasteiger partial charge < -0.3 is 0 Å². The monoisotopic (exact) mass is 813 g/mol. The Morgan fingerprint density at radius 1 is 0.516 bits per heavy atom. The van der Waals surface area contributed by atoms with E-state index < -0.39 is 5.41 Å². The van der Waals surface area contributed by atoms with E-state index in [9.17, 15) is 0 Å². The van der Waals surface area contributed by atoms with Crippen molar-refractivity contribution in [2.45, 2.75) is 37.5 Å². The first-order valence-corrected chi connectivity index (χ1v) is 22.1. The van der Waals surface area contributed by atoms with Gasteiger partial charge in [0.15, 0.2) is 5.82 Å². The van der Waals surface area contributed by atoms with Crippen molar-refractivity contribution >= 4 is 5.57 Å². The average Bonchev–Trinajstić information content (AvgIpc) is 3.92. The van der Waals surface area contributed by atoms with Gasteiger partial charge in [-0.2, -0.15) is 0 Å². The maximum atomic E-state index is 5.40. The summed E-state index contributed by atoms with van der Waals surface area (Å²) in [6.07, 6.45) is 11.5. The second kappa shape index (κ2) is 13.7. The van der Waals surface area contributed by atoms with Crippen molar-refractivity contribution in [1.82, 2.24) is 15.0 Å². The van der Waals surface area contributed by atoms with Gasteiger partial charge in [-0.1, -0.05) is 165 Å². The summed E-state index contributed by atoms with van der Waals surface area (Å²) < 4.78 is 0. The van der Waals surface area contributed by atoms with Crippen molar-refractivity contribution < 1.29 is 0 Å². The van der Waals surface area contributed by atoms with Crippen LogP contribution >= 0.6 is 0 Å². The molecule has 9 aromatic rings. The average molecular weight is 814 g/mol. The van der Waals surface area contributed by atoms with Crippen molar-refractivity contribution in [2.24, 2.45) is 0 Å². The Hall–Kier alpha value is -8.11. The molecule has 0 bridgehead atoms. The number of nitrogens with zero attached hydrogens (tertiary/aromatic N) is 3. The topological polar surface area (TPSA) is 38.7 Å². The van der Waals surface area contributed by atoms with Crippen LogP contribution in [0.5, 0.6) is 0 Å². The number of hydrogen-bond donors (Lipinski definition) is 0. The van der Waals surface area contributed by atoms with Crippen LogP contribution in [0.15, 0.2) is 182 Å². The molecule has 64 heavy (non-hydrogen) atoms. The van der Waals surface area contributed by atoms with E-state index in [4.69, 9.17) is 9.97 Å². The summed E-state index contributed by atoms with van der Waals surface area (Å²) in [4.78, 5) is 14.9. The van der Waals surface area contributed by atoms with Gasteiger partial charge in [0.25, 0.3) is 0 Å². The number of allylic oxidation sites excluding steroid dienone is 4. The van der Waals surface area contributed by atoms with Crippen LogP contribution in [-0.4, -0.2) is 15.0 Å². The zero-order valence-corrected chi connectivity index (χ0v) is 35.5. The fourth-order valence-electron chi connectivity index (χ4n) is 11.3. The largest absolute Gasteiger partial charge is 0.228 e. The summed E-state index contributed by atoms with van der Waals surface area (Å²) in [5.41, 5.74) is 24.3. The van der Waals surface area contributed by atoms with Crippen LogP contribution in [0.1, 0.15) is 60.1 Å². The highest BCUT2D eigenvalue weighted by molar-refractivity contribution is 5.95. The highest BCUT2D eigenvalue weighted by atomic mass is 14.9.